The van der Waals surface area contributed by atoms with Crippen LogP contribution in [-0.4, -0.2) is 31.8 Å². The monoisotopic (exact) mass is 220 g/mol. The smallest absolute Gasteiger partial charge is 0.308 e. The Morgan fingerprint density at radius 2 is 2.00 bits per heavy atom. The zero-order chi connectivity index (χ0) is 9.26. The van der Waals surface area contributed by atoms with Gasteiger partial charge < -0.3 is 15.4 Å². The second-order valence-corrected chi connectivity index (χ2v) is 3.83. The van der Waals surface area contributed by atoms with E-state index in [9.17, 15) is 4.79 Å². The van der Waals surface area contributed by atoms with Crippen LogP contribution in [0.3, 0.4) is 0 Å². The first kappa shape index (κ1) is 11.8. The molecule has 3 unspecified atom stereocenters. The first-order chi connectivity index (χ1) is 6.31. The van der Waals surface area contributed by atoms with Crippen LogP contribution >= 0.6 is 12.4 Å². The predicted molar refractivity (Wildman–Crippen MR) is 55.3 cm³/mol. The second-order valence-electron chi connectivity index (χ2n) is 3.83. The molecule has 0 aromatic carbocycles. The topological polar surface area (TPSA) is 50.4 Å². The van der Waals surface area contributed by atoms with E-state index in [-0.39, 0.29) is 24.3 Å². The lowest BCUT2D eigenvalue weighted by Gasteiger charge is -2.29. The highest BCUT2D eigenvalue weighted by molar-refractivity contribution is 5.85. The molecule has 14 heavy (non-hydrogen) atoms. The molecule has 0 aromatic heterocycles. The normalized spacial score (nSPS) is 35.6. The molecule has 1 aliphatic carbocycles. The molecule has 2 N–H and O–H groups in total. The maximum Gasteiger partial charge on any atom is 0.308 e. The Balaban J connectivity index is 0.000000980. The standard InChI is InChI=1S/C9H16N2O2.ClH/c1-13-9(12)6-2-3-7-8(4-6)11-5-10-7;/h6-8,10-11H,2-5H2,1H3;1H. The Bertz CT molecular complexity index is 213. The summed E-state index contributed by atoms with van der Waals surface area (Å²) in [6, 6.07) is 1.04. The average Bonchev–Trinajstić information content (AvgIpc) is 2.63. The minimum atomic E-state index is -0.0489. The van der Waals surface area contributed by atoms with Gasteiger partial charge >= 0.3 is 5.97 Å². The predicted octanol–water partition coefficient (Wildman–Crippen LogP) is 0.269. The summed E-state index contributed by atoms with van der Waals surface area (Å²) < 4.78 is 4.75. The molecule has 0 bridgehead atoms. The molecule has 2 rings (SSSR count). The van der Waals surface area contributed by atoms with Crippen LogP contribution in [-0.2, 0) is 9.53 Å². The molecule has 2 fully saturated rings. The number of carbonyl (C=O) groups excluding carboxylic acids is 1. The minimum absolute atomic E-state index is 0. The van der Waals surface area contributed by atoms with Gasteiger partial charge in [0, 0.05) is 18.8 Å². The van der Waals surface area contributed by atoms with Gasteiger partial charge in [-0.05, 0) is 19.3 Å². The number of hydrogen-bond acceptors (Lipinski definition) is 4. The van der Waals surface area contributed by atoms with E-state index in [4.69, 9.17) is 4.74 Å². The molecule has 1 saturated carbocycles. The molecule has 0 aromatic rings. The first-order valence-electron chi connectivity index (χ1n) is 4.86. The SMILES string of the molecule is COC(=O)C1CCC2NCNC2C1.Cl. The summed E-state index contributed by atoms with van der Waals surface area (Å²) in [7, 11) is 1.47. The zero-order valence-electron chi connectivity index (χ0n) is 8.29. The van der Waals surface area contributed by atoms with Crippen molar-refractivity contribution >= 4 is 18.4 Å². The largest absolute Gasteiger partial charge is 0.469 e. The Kier molecular flexibility index (Phi) is 4.16. The molecule has 1 heterocycles. The van der Waals surface area contributed by atoms with Crippen LogP contribution < -0.4 is 10.6 Å². The molecule has 5 heteroatoms. The Hall–Kier alpha value is -0.320. The van der Waals surface area contributed by atoms with Crippen molar-refractivity contribution in [2.24, 2.45) is 5.92 Å². The fourth-order valence-corrected chi connectivity index (χ4v) is 2.34. The van der Waals surface area contributed by atoms with Crippen molar-refractivity contribution in [3.8, 4) is 0 Å². The van der Waals surface area contributed by atoms with Gasteiger partial charge in [0.15, 0.2) is 0 Å². The number of methoxy groups -OCH3 is 1. The highest BCUT2D eigenvalue weighted by Gasteiger charge is 2.36. The minimum Gasteiger partial charge on any atom is -0.469 e. The molecule has 0 spiro atoms. The Labute approximate surface area is 90.2 Å². The highest BCUT2D eigenvalue weighted by Crippen LogP contribution is 2.27. The maximum absolute atomic E-state index is 11.3. The van der Waals surface area contributed by atoms with Crippen molar-refractivity contribution in [1.82, 2.24) is 10.6 Å². The maximum atomic E-state index is 11.3. The molecule has 82 valence electrons. The summed E-state index contributed by atoms with van der Waals surface area (Å²) in [5.41, 5.74) is 0. The molecule has 0 amide bonds. The van der Waals surface area contributed by atoms with Gasteiger partial charge in [-0.3, -0.25) is 4.79 Å². The van der Waals surface area contributed by atoms with E-state index in [1.54, 1.807) is 0 Å². The lowest BCUT2D eigenvalue weighted by Crippen LogP contribution is -2.41. The van der Waals surface area contributed by atoms with Crippen LogP contribution in [0.15, 0.2) is 0 Å². The average molecular weight is 221 g/mol. The fraction of sp³-hybridized carbons (Fsp3) is 0.889. The number of ether oxygens (including phenoxy) is 1. The van der Waals surface area contributed by atoms with Crippen molar-refractivity contribution in [1.29, 1.82) is 0 Å². The summed E-state index contributed by atoms with van der Waals surface area (Å²) in [6.45, 7) is 0.878. The third-order valence-electron chi connectivity index (χ3n) is 3.11. The van der Waals surface area contributed by atoms with E-state index >= 15 is 0 Å². The molecule has 1 saturated heterocycles. The lowest BCUT2D eigenvalue weighted by atomic mass is 9.83. The van der Waals surface area contributed by atoms with Gasteiger partial charge in [0.1, 0.15) is 0 Å². The number of fused-ring (bicyclic) bond motifs is 1. The summed E-state index contributed by atoms with van der Waals surface area (Å²) in [6.07, 6.45) is 2.96. The van der Waals surface area contributed by atoms with Gasteiger partial charge in [0.05, 0.1) is 13.0 Å². The van der Waals surface area contributed by atoms with E-state index in [1.807, 2.05) is 0 Å². The molecule has 1 aliphatic heterocycles. The molecule has 0 radical (unpaired) electrons. The van der Waals surface area contributed by atoms with Crippen LogP contribution in [0.5, 0.6) is 0 Å². The quantitative estimate of drug-likeness (QED) is 0.623. The van der Waals surface area contributed by atoms with Crippen LogP contribution in [0.1, 0.15) is 19.3 Å². The van der Waals surface area contributed by atoms with E-state index < -0.39 is 0 Å². The van der Waals surface area contributed by atoms with Crippen molar-refractivity contribution in [2.45, 2.75) is 31.3 Å². The van der Waals surface area contributed by atoms with Crippen molar-refractivity contribution < 1.29 is 9.53 Å². The lowest BCUT2D eigenvalue weighted by molar-refractivity contribution is -0.146. The fourth-order valence-electron chi connectivity index (χ4n) is 2.34. The highest BCUT2D eigenvalue weighted by atomic mass is 35.5. The second kappa shape index (κ2) is 4.96. The van der Waals surface area contributed by atoms with Crippen molar-refractivity contribution in [3.63, 3.8) is 0 Å². The number of halogens is 1. The van der Waals surface area contributed by atoms with Crippen LogP contribution in [0.4, 0.5) is 0 Å². The number of esters is 1. The Morgan fingerprint density at radius 3 is 2.71 bits per heavy atom. The van der Waals surface area contributed by atoms with Gasteiger partial charge in [0.25, 0.3) is 0 Å². The Morgan fingerprint density at radius 1 is 1.29 bits per heavy atom. The number of nitrogens with one attached hydrogen (secondary N) is 2. The first-order valence-corrected chi connectivity index (χ1v) is 4.86. The third kappa shape index (κ3) is 2.19. The van der Waals surface area contributed by atoms with Crippen molar-refractivity contribution in [2.75, 3.05) is 13.8 Å². The molecular formula is C9H17ClN2O2. The number of rotatable bonds is 1. The summed E-state index contributed by atoms with van der Waals surface area (Å²) in [5.74, 6) is 0.0609. The van der Waals surface area contributed by atoms with Gasteiger partial charge in [-0.2, -0.15) is 0 Å². The molecule has 2 aliphatic rings. The van der Waals surface area contributed by atoms with E-state index in [2.05, 4.69) is 10.6 Å². The molecule has 3 atom stereocenters. The van der Waals surface area contributed by atoms with Crippen LogP contribution in [0.25, 0.3) is 0 Å². The van der Waals surface area contributed by atoms with Gasteiger partial charge in [-0.25, -0.2) is 0 Å². The zero-order valence-corrected chi connectivity index (χ0v) is 9.10. The number of carbonyl (C=O) groups is 1. The van der Waals surface area contributed by atoms with Gasteiger partial charge in [-0.15, -0.1) is 12.4 Å². The van der Waals surface area contributed by atoms with E-state index in [0.717, 1.165) is 25.9 Å². The van der Waals surface area contributed by atoms with E-state index in [1.165, 1.54) is 7.11 Å². The third-order valence-corrected chi connectivity index (χ3v) is 3.11. The molecule has 4 nitrogen and oxygen atoms in total. The summed E-state index contributed by atoms with van der Waals surface area (Å²) in [4.78, 5) is 11.3. The van der Waals surface area contributed by atoms with Crippen LogP contribution in [0, 0.1) is 5.92 Å². The van der Waals surface area contributed by atoms with Gasteiger partial charge in [0.2, 0.25) is 0 Å². The van der Waals surface area contributed by atoms with Crippen LogP contribution in [0.2, 0.25) is 0 Å². The van der Waals surface area contributed by atoms with Gasteiger partial charge in [-0.1, -0.05) is 0 Å². The van der Waals surface area contributed by atoms with Crippen molar-refractivity contribution in [3.05, 3.63) is 0 Å². The summed E-state index contributed by atoms with van der Waals surface area (Å²) >= 11 is 0. The molecular weight excluding hydrogens is 204 g/mol. The summed E-state index contributed by atoms with van der Waals surface area (Å²) in [5, 5.41) is 6.72. The van der Waals surface area contributed by atoms with E-state index in [0.29, 0.717) is 12.1 Å². The number of hydrogen-bond donors (Lipinski definition) is 2.